The lowest BCUT2D eigenvalue weighted by Gasteiger charge is -2.38. The van der Waals surface area contributed by atoms with Gasteiger partial charge in [0.05, 0.1) is 12.8 Å². The van der Waals surface area contributed by atoms with E-state index in [0.717, 1.165) is 30.0 Å². The summed E-state index contributed by atoms with van der Waals surface area (Å²) in [5.74, 6) is 1.53. The number of aromatic nitrogens is 1. The molecule has 1 aliphatic rings. The lowest BCUT2D eigenvalue weighted by molar-refractivity contribution is 0.0237. The van der Waals surface area contributed by atoms with Gasteiger partial charge in [-0.05, 0) is 38.2 Å². The number of ether oxygens (including phenoxy) is 2. The Labute approximate surface area is 132 Å². The molecule has 1 fully saturated rings. The first-order valence-corrected chi connectivity index (χ1v) is 7.99. The largest absolute Gasteiger partial charge is 0.491 e. The molecule has 0 N–H and O–H groups in total. The Morgan fingerprint density at radius 2 is 1.73 bits per heavy atom. The molecule has 1 aromatic carbocycles. The highest BCUT2D eigenvalue weighted by Gasteiger charge is 2.37. The highest BCUT2D eigenvalue weighted by atomic mass is 16.5. The average Bonchev–Trinajstić information content (AvgIpc) is 2.57. The third-order valence-corrected chi connectivity index (χ3v) is 4.52. The zero-order valence-electron chi connectivity index (χ0n) is 13.3. The number of aryl methyl sites for hydroxylation is 1. The second kappa shape index (κ2) is 6.39. The first-order chi connectivity index (χ1) is 10.7. The highest BCUT2D eigenvalue weighted by molar-refractivity contribution is 5.43. The Bertz CT molecular complexity index is 619. The van der Waals surface area contributed by atoms with Crippen LogP contribution in [0, 0.1) is 6.92 Å². The van der Waals surface area contributed by atoms with Crippen molar-refractivity contribution >= 4 is 0 Å². The molecule has 0 atom stereocenters. The smallest absolute Gasteiger partial charge is 0.182 e. The molecule has 0 radical (unpaired) electrons. The van der Waals surface area contributed by atoms with Crippen LogP contribution in [0.2, 0.25) is 0 Å². The quantitative estimate of drug-likeness (QED) is 0.824. The van der Waals surface area contributed by atoms with E-state index in [0.29, 0.717) is 0 Å². The summed E-state index contributed by atoms with van der Waals surface area (Å²) in [6.45, 7) is 1.95. The van der Waals surface area contributed by atoms with Crippen molar-refractivity contribution in [3.63, 3.8) is 0 Å². The Hall–Kier alpha value is -2.03. The molecule has 3 nitrogen and oxygen atoms in total. The minimum absolute atomic E-state index is 0.249. The molecule has 1 aromatic heterocycles. The van der Waals surface area contributed by atoms with E-state index in [1.165, 1.54) is 24.8 Å². The van der Waals surface area contributed by atoms with Crippen LogP contribution in [0.4, 0.5) is 0 Å². The van der Waals surface area contributed by atoms with Crippen LogP contribution in [0.15, 0.2) is 42.6 Å². The fraction of sp³-hybridized carbons (Fsp3) is 0.421. The van der Waals surface area contributed by atoms with E-state index in [1.807, 2.05) is 13.0 Å². The van der Waals surface area contributed by atoms with Gasteiger partial charge in [-0.1, -0.05) is 36.8 Å². The van der Waals surface area contributed by atoms with Crippen molar-refractivity contribution in [1.29, 1.82) is 0 Å². The van der Waals surface area contributed by atoms with Gasteiger partial charge in [0.15, 0.2) is 11.5 Å². The van der Waals surface area contributed by atoms with Crippen LogP contribution >= 0.6 is 0 Å². The molecule has 0 aliphatic heterocycles. The normalized spacial score (nSPS) is 17.0. The SMILES string of the molecule is COc1c(OC2(c3ccccc3)CCCCC2)ccnc1C. The first-order valence-electron chi connectivity index (χ1n) is 7.99. The maximum absolute atomic E-state index is 6.57. The molecule has 0 spiro atoms. The van der Waals surface area contributed by atoms with E-state index in [1.54, 1.807) is 13.3 Å². The van der Waals surface area contributed by atoms with Gasteiger partial charge in [-0.25, -0.2) is 0 Å². The Balaban J connectivity index is 2.00. The number of rotatable bonds is 4. The third-order valence-electron chi connectivity index (χ3n) is 4.52. The fourth-order valence-corrected chi connectivity index (χ4v) is 3.38. The average molecular weight is 297 g/mol. The molecule has 0 unspecified atom stereocenters. The monoisotopic (exact) mass is 297 g/mol. The summed E-state index contributed by atoms with van der Waals surface area (Å²) in [6.07, 6.45) is 7.55. The minimum Gasteiger partial charge on any atom is -0.491 e. The molecule has 22 heavy (non-hydrogen) atoms. The first kappa shape index (κ1) is 14.9. The van der Waals surface area contributed by atoms with Crippen LogP contribution < -0.4 is 9.47 Å². The van der Waals surface area contributed by atoms with Gasteiger partial charge >= 0.3 is 0 Å². The van der Waals surface area contributed by atoms with Crippen molar-refractivity contribution in [2.45, 2.75) is 44.6 Å². The predicted molar refractivity (Wildman–Crippen MR) is 87.4 cm³/mol. The van der Waals surface area contributed by atoms with Crippen molar-refractivity contribution in [3.8, 4) is 11.5 Å². The van der Waals surface area contributed by atoms with Gasteiger partial charge in [0.1, 0.15) is 5.60 Å². The van der Waals surface area contributed by atoms with E-state index < -0.39 is 0 Å². The minimum atomic E-state index is -0.249. The van der Waals surface area contributed by atoms with Gasteiger partial charge in [0, 0.05) is 12.3 Å². The molecule has 3 heteroatoms. The molecule has 1 aliphatic carbocycles. The van der Waals surface area contributed by atoms with Crippen LogP contribution in [-0.2, 0) is 5.60 Å². The lowest BCUT2D eigenvalue weighted by atomic mass is 9.79. The van der Waals surface area contributed by atoms with Crippen molar-refractivity contribution < 1.29 is 9.47 Å². The molecular formula is C19H23NO2. The van der Waals surface area contributed by atoms with Crippen molar-refractivity contribution in [2.24, 2.45) is 0 Å². The maximum Gasteiger partial charge on any atom is 0.182 e. The van der Waals surface area contributed by atoms with E-state index in [2.05, 4.69) is 35.3 Å². The standard InChI is InChI=1S/C19H23NO2/c1-15-18(21-2)17(11-14-20-15)22-19(12-7-4-8-13-19)16-9-5-3-6-10-16/h3,5-6,9-11,14H,4,7-8,12-13H2,1-2H3. The number of methoxy groups -OCH3 is 1. The molecular weight excluding hydrogens is 274 g/mol. The van der Waals surface area contributed by atoms with Crippen LogP contribution in [0.5, 0.6) is 11.5 Å². The summed E-state index contributed by atoms with van der Waals surface area (Å²) in [7, 11) is 1.67. The van der Waals surface area contributed by atoms with Gasteiger partial charge in [-0.2, -0.15) is 0 Å². The zero-order valence-corrected chi connectivity index (χ0v) is 13.3. The molecule has 2 aromatic rings. The lowest BCUT2D eigenvalue weighted by Crippen LogP contribution is -2.35. The third kappa shape index (κ3) is 2.80. The van der Waals surface area contributed by atoms with Gasteiger partial charge in [-0.15, -0.1) is 0 Å². The zero-order chi connectivity index (χ0) is 15.4. The summed E-state index contributed by atoms with van der Waals surface area (Å²) in [4.78, 5) is 4.29. The van der Waals surface area contributed by atoms with Gasteiger partial charge in [0.2, 0.25) is 0 Å². The Morgan fingerprint density at radius 3 is 2.41 bits per heavy atom. The van der Waals surface area contributed by atoms with E-state index in [9.17, 15) is 0 Å². The summed E-state index contributed by atoms with van der Waals surface area (Å²) < 4.78 is 12.1. The molecule has 116 valence electrons. The van der Waals surface area contributed by atoms with Crippen LogP contribution in [0.1, 0.15) is 43.4 Å². The van der Waals surface area contributed by atoms with Crippen LogP contribution in [0.3, 0.4) is 0 Å². The number of pyridine rings is 1. The molecule has 0 saturated heterocycles. The topological polar surface area (TPSA) is 31.4 Å². The van der Waals surface area contributed by atoms with E-state index in [-0.39, 0.29) is 5.60 Å². The summed E-state index contributed by atoms with van der Waals surface area (Å²) in [5, 5.41) is 0. The van der Waals surface area contributed by atoms with Gasteiger partial charge < -0.3 is 9.47 Å². The van der Waals surface area contributed by atoms with Crippen LogP contribution in [-0.4, -0.2) is 12.1 Å². The molecule has 0 bridgehead atoms. The second-order valence-corrected chi connectivity index (χ2v) is 5.95. The number of nitrogens with zero attached hydrogens (tertiary/aromatic N) is 1. The predicted octanol–water partition coefficient (Wildman–Crippen LogP) is 4.64. The highest BCUT2D eigenvalue weighted by Crippen LogP contribution is 2.43. The summed E-state index contributed by atoms with van der Waals surface area (Å²) in [5.41, 5.74) is 1.87. The van der Waals surface area contributed by atoms with Crippen LogP contribution in [0.25, 0.3) is 0 Å². The Morgan fingerprint density at radius 1 is 1.00 bits per heavy atom. The fourth-order valence-electron chi connectivity index (χ4n) is 3.38. The molecule has 1 saturated carbocycles. The summed E-state index contributed by atoms with van der Waals surface area (Å²) in [6, 6.07) is 12.5. The second-order valence-electron chi connectivity index (χ2n) is 5.95. The van der Waals surface area contributed by atoms with E-state index >= 15 is 0 Å². The maximum atomic E-state index is 6.57. The van der Waals surface area contributed by atoms with Crippen molar-refractivity contribution in [3.05, 3.63) is 53.9 Å². The number of hydrogen-bond donors (Lipinski definition) is 0. The number of hydrogen-bond acceptors (Lipinski definition) is 3. The van der Waals surface area contributed by atoms with Crippen molar-refractivity contribution in [2.75, 3.05) is 7.11 Å². The molecule has 0 amide bonds. The van der Waals surface area contributed by atoms with Gasteiger partial charge in [0.25, 0.3) is 0 Å². The molecule has 1 heterocycles. The molecule has 3 rings (SSSR count). The number of benzene rings is 1. The Kier molecular flexibility index (Phi) is 4.32. The van der Waals surface area contributed by atoms with Gasteiger partial charge in [-0.3, -0.25) is 4.98 Å². The van der Waals surface area contributed by atoms with E-state index in [4.69, 9.17) is 9.47 Å². The van der Waals surface area contributed by atoms with Crippen molar-refractivity contribution in [1.82, 2.24) is 4.98 Å². The summed E-state index contributed by atoms with van der Waals surface area (Å²) >= 11 is 0.